The lowest BCUT2D eigenvalue weighted by molar-refractivity contribution is 0.493. The van der Waals surface area contributed by atoms with Crippen molar-refractivity contribution >= 4 is 40.4 Å². The van der Waals surface area contributed by atoms with Crippen molar-refractivity contribution in [3.63, 3.8) is 0 Å². The highest BCUT2D eigenvalue weighted by Gasteiger charge is 2.36. The van der Waals surface area contributed by atoms with Gasteiger partial charge in [-0.1, -0.05) is 80.5 Å². The van der Waals surface area contributed by atoms with Gasteiger partial charge < -0.3 is 5.73 Å². The maximum Gasteiger partial charge on any atom is 0.0997 e. The van der Waals surface area contributed by atoms with Crippen LogP contribution < -0.4 is 5.73 Å². The summed E-state index contributed by atoms with van der Waals surface area (Å²) in [6.45, 7) is 6.53. The highest BCUT2D eigenvalue weighted by molar-refractivity contribution is 7.80. The molecule has 1 aromatic rings. The van der Waals surface area contributed by atoms with Crippen LogP contribution in [0.5, 0.6) is 0 Å². The van der Waals surface area contributed by atoms with Gasteiger partial charge >= 0.3 is 0 Å². The van der Waals surface area contributed by atoms with E-state index in [1.807, 2.05) is 12.1 Å². The van der Waals surface area contributed by atoms with Gasteiger partial charge in [-0.3, -0.25) is 0 Å². The Morgan fingerprint density at radius 1 is 1.26 bits per heavy atom. The molecule has 0 bridgehead atoms. The van der Waals surface area contributed by atoms with Crippen molar-refractivity contribution in [3.05, 3.63) is 57.6 Å². The summed E-state index contributed by atoms with van der Waals surface area (Å²) in [5, 5.41) is 1.23. The molecule has 1 saturated carbocycles. The van der Waals surface area contributed by atoms with Crippen molar-refractivity contribution in [2.24, 2.45) is 23.5 Å². The van der Waals surface area contributed by atoms with Gasteiger partial charge in [-0.05, 0) is 53.4 Å². The van der Waals surface area contributed by atoms with E-state index >= 15 is 0 Å². The van der Waals surface area contributed by atoms with Crippen LogP contribution >= 0.6 is 35.4 Å². The summed E-state index contributed by atoms with van der Waals surface area (Å²) >= 11 is 17.2. The highest BCUT2D eigenvalue weighted by atomic mass is 35.5. The minimum atomic E-state index is 0.363. The molecule has 0 heterocycles. The molecule has 3 unspecified atom stereocenters. The quantitative estimate of drug-likeness (QED) is 0.370. The van der Waals surface area contributed by atoms with Crippen molar-refractivity contribution in [1.82, 2.24) is 0 Å². The van der Waals surface area contributed by atoms with E-state index in [2.05, 4.69) is 45.1 Å². The second-order valence-electron chi connectivity index (χ2n) is 6.58. The molecule has 2 rings (SSSR count). The maximum absolute atomic E-state index is 6.09. The van der Waals surface area contributed by atoms with Gasteiger partial charge in [0.15, 0.2) is 0 Å². The number of hydrogen-bond acceptors (Lipinski definition) is 1. The fourth-order valence-corrected chi connectivity index (χ4v) is 3.23. The second kappa shape index (κ2) is 7.83. The zero-order chi connectivity index (χ0) is 17.1. The van der Waals surface area contributed by atoms with Crippen LogP contribution in [0.15, 0.2) is 42.0 Å². The first-order chi connectivity index (χ1) is 10.8. The van der Waals surface area contributed by atoms with Crippen LogP contribution in [0.3, 0.4) is 0 Å². The summed E-state index contributed by atoms with van der Waals surface area (Å²) in [5.74, 6) is 1.96. The topological polar surface area (TPSA) is 26.0 Å². The molecule has 1 aromatic carbocycles. The minimum Gasteiger partial charge on any atom is -0.390 e. The van der Waals surface area contributed by atoms with Gasteiger partial charge in [0.05, 0.1) is 15.0 Å². The summed E-state index contributed by atoms with van der Waals surface area (Å²) in [6, 6.07) is 5.90. The lowest BCUT2D eigenvalue weighted by atomic mass is 9.89. The van der Waals surface area contributed by atoms with Gasteiger partial charge in [0, 0.05) is 0 Å². The molecule has 0 aromatic heterocycles. The number of rotatable bonds is 6. The Morgan fingerprint density at radius 3 is 2.52 bits per heavy atom. The third-order valence-corrected chi connectivity index (χ3v) is 5.60. The SMILES string of the molecule is CC(C)C(C)/C(=C\C=C\C1CC1c1ccc(Cl)c(Cl)c1)C(N)=S. The molecule has 3 atom stereocenters. The number of halogens is 2. The summed E-state index contributed by atoms with van der Waals surface area (Å²) in [5.41, 5.74) is 8.17. The van der Waals surface area contributed by atoms with Gasteiger partial charge in [-0.25, -0.2) is 0 Å². The molecule has 1 aliphatic rings. The van der Waals surface area contributed by atoms with E-state index in [9.17, 15) is 0 Å². The standard InChI is InChI=1S/C19H23Cl2NS/c1-11(2)12(3)15(19(22)23)6-4-5-13-9-16(13)14-7-8-17(20)18(21)10-14/h4-8,10-13,16H,9H2,1-3H3,(H2,22,23)/b5-4+,15-6+. The monoisotopic (exact) mass is 367 g/mol. The average Bonchev–Trinajstić information content (AvgIpc) is 3.25. The van der Waals surface area contributed by atoms with E-state index in [-0.39, 0.29) is 0 Å². The molecule has 0 saturated heterocycles. The molecule has 0 spiro atoms. The van der Waals surface area contributed by atoms with Gasteiger partial charge in [-0.2, -0.15) is 0 Å². The van der Waals surface area contributed by atoms with Crippen LogP contribution in [-0.4, -0.2) is 4.99 Å². The number of thiocarbonyl (C=S) groups is 1. The summed E-state index contributed by atoms with van der Waals surface area (Å²) in [4.78, 5) is 0.493. The van der Waals surface area contributed by atoms with Gasteiger partial charge in [-0.15, -0.1) is 0 Å². The van der Waals surface area contributed by atoms with Crippen LogP contribution in [0.2, 0.25) is 10.0 Å². The molecule has 1 aliphatic carbocycles. The van der Waals surface area contributed by atoms with E-state index in [4.69, 9.17) is 41.2 Å². The molecular weight excluding hydrogens is 345 g/mol. The van der Waals surface area contributed by atoms with Crippen molar-refractivity contribution in [1.29, 1.82) is 0 Å². The number of allylic oxidation sites excluding steroid dienone is 3. The molecule has 0 radical (unpaired) electrons. The fraction of sp³-hybridized carbons (Fsp3) is 0.421. The van der Waals surface area contributed by atoms with E-state index in [1.54, 1.807) is 0 Å². The first kappa shape index (κ1) is 18.5. The molecule has 124 valence electrons. The summed E-state index contributed by atoms with van der Waals surface area (Å²) in [6.07, 6.45) is 7.54. The molecule has 4 heteroatoms. The summed E-state index contributed by atoms with van der Waals surface area (Å²) in [7, 11) is 0. The Hall–Kier alpha value is -0.830. The molecule has 0 amide bonds. The van der Waals surface area contributed by atoms with Crippen molar-refractivity contribution < 1.29 is 0 Å². The molecule has 1 nitrogen and oxygen atoms in total. The Morgan fingerprint density at radius 2 is 1.96 bits per heavy atom. The van der Waals surface area contributed by atoms with E-state index in [0.29, 0.717) is 38.7 Å². The van der Waals surface area contributed by atoms with E-state index < -0.39 is 0 Å². The smallest absolute Gasteiger partial charge is 0.0997 e. The van der Waals surface area contributed by atoms with Gasteiger partial charge in [0.1, 0.15) is 0 Å². The van der Waals surface area contributed by atoms with Crippen molar-refractivity contribution in [2.45, 2.75) is 33.1 Å². The van der Waals surface area contributed by atoms with Crippen LogP contribution in [0.1, 0.15) is 38.7 Å². The zero-order valence-corrected chi connectivity index (χ0v) is 16.1. The lowest BCUT2D eigenvalue weighted by Gasteiger charge is -2.18. The first-order valence-electron chi connectivity index (χ1n) is 7.94. The van der Waals surface area contributed by atoms with Crippen LogP contribution in [0.25, 0.3) is 0 Å². The largest absolute Gasteiger partial charge is 0.390 e. The van der Waals surface area contributed by atoms with Crippen LogP contribution in [0.4, 0.5) is 0 Å². The molecule has 0 aliphatic heterocycles. The number of hydrogen-bond donors (Lipinski definition) is 1. The van der Waals surface area contributed by atoms with Crippen LogP contribution in [-0.2, 0) is 0 Å². The number of nitrogens with two attached hydrogens (primary N) is 1. The lowest BCUT2D eigenvalue weighted by Crippen LogP contribution is -2.20. The average molecular weight is 368 g/mol. The molecule has 23 heavy (non-hydrogen) atoms. The van der Waals surface area contributed by atoms with Gasteiger partial charge in [0.25, 0.3) is 0 Å². The Kier molecular flexibility index (Phi) is 6.30. The molecular formula is C19H23Cl2NS. The maximum atomic E-state index is 6.09. The first-order valence-corrected chi connectivity index (χ1v) is 9.10. The predicted molar refractivity (Wildman–Crippen MR) is 105 cm³/mol. The van der Waals surface area contributed by atoms with Crippen molar-refractivity contribution in [3.8, 4) is 0 Å². The van der Waals surface area contributed by atoms with E-state index in [0.717, 1.165) is 12.0 Å². The normalized spacial score (nSPS) is 22.6. The van der Waals surface area contributed by atoms with Crippen molar-refractivity contribution in [2.75, 3.05) is 0 Å². The fourth-order valence-electron chi connectivity index (χ4n) is 2.67. The summed E-state index contributed by atoms with van der Waals surface area (Å²) < 4.78 is 0. The Labute approximate surface area is 154 Å². The number of benzene rings is 1. The van der Waals surface area contributed by atoms with Gasteiger partial charge in [0.2, 0.25) is 0 Å². The van der Waals surface area contributed by atoms with Crippen LogP contribution in [0, 0.1) is 17.8 Å². The third kappa shape index (κ3) is 4.82. The predicted octanol–water partition coefficient (Wildman–Crippen LogP) is 6.16. The highest BCUT2D eigenvalue weighted by Crippen LogP contribution is 2.49. The zero-order valence-electron chi connectivity index (χ0n) is 13.7. The third-order valence-electron chi connectivity index (χ3n) is 4.62. The Balaban J connectivity index is 2.02. The second-order valence-corrected chi connectivity index (χ2v) is 7.84. The Bertz CT molecular complexity index is 649. The van der Waals surface area contributed by atoms with E-state index in [1.165, 1.54) is 5.56 Å². The molecule has 1 fully saturated rings. The minimum absolute atomic E-state index is 0.363. The molecule has 2 N–H and O–H groups in total.